The van der Waals surface area contributed by atoms with Crippen LogP contribution < -0.4 is 10.6 Å². The number of benzene rings is 2. The van der Waals surface area contributed by atoms with Crippen LogP contribution in [-0.2, 0) is 6.42 Å². The molecule has 1 unspecified atom stereocenters. The average molecular weight is 417 g/mol. The molecule has 1 aliphatic carbocycles. The third-order valence-corrected chi connectivity index (χ3v) is 5.88. The quantitative estimate of drug-likeness (QED) is 0.353. The highest BCUT2D eigenvalue weighted by Gasteiger charge is 2.32. The first-order valence-corrected chi connectivity index (χ1v) is 10.2. The summed E-state index contributed by atoms with van der Waals surface area (Å²) in [6.45, 7) is 1.83. The number of nitrogens with zero attached hydrogens (tertiary/aromatic N) is 1. The van der Waals surface area contributed by atoms with Crippen LogP contribution in [0.4, 0.5) is 5.69 Å². The predicted molar refractivity (Wildman–Crippen MR) is 119 cm³/mol. The normalized spacial score (nSPS) is 17.6. The number of nitro benzene ring substituents is 1. The molecule has 0 fully saturated rings. The van der Waals surface area contributed by atoms with E-state index < -0.39 is 0 Å². The summed E-state index contributed by atoms with van der Waals surface area (Å²) >= 11 is 5.46. The fourth-order valence-electron chi connectivity index (χ4n) is 4.25. The number of hydrogen-bond acceptors (Lipinski definition) is 4. The maximum absolute atomic E-state index is 11.5. The summed E-state index contributed by atoms with van der Waals surface area (Å²) in [7, 11) is 0. The lowest BCUT2D eigenvalue weighted by molar-refractivity contribution is -0.384. The van der Waals surface area contributed by atoms with Crippen molar-refractivity contribution in [3.8, 4) is 11.3 Å². The van der Waals surface area contributed by atoms with Crippen molar-refractivity contribution < 1.29 is 9.34 Å². The van der Waals surface area contributed by atoms with E-state index in [1.165, 1.54) is 11.1 Å². The van der Waals surface area contributed by atoms with Gasteiger partial charge in [-0.25, -0.2) is 0 Å². The van der Waals surface area contributed by atoms with Gasteiger partial charge in [-0.3, -0.25) is 10.1 Å². The van der Waals surface area contributed by atoms with Crippen LogP contribution in [0, 0.1) is 17.0 Å². The van der Waals surface area contributed by atoms with E-state index in [-0.39, 0.29) is 16.7 Å². The fraction of sp³-hybridized carbons (Fsp3) is 0.174. The second-order valence-electron chi connectivity index (χ2n) is 7.57. The fourth-order valence-corrected chi connectivity index (χ4v) is 4.47. The predicted octanol–water partition coefficient (Wildman–Crippen LogP) is 5.04. The molecule has 0 amide bonds. The molecule has 0 saturated carbocycles. The summed E-state index contributed by atoms with van der Waals surface area (Å²) in [4.78, 5) is 11.1. The lowest BCUT2D eigenvalue weighted by atomic mass is 9.84. The van der Waals surface area contributed by atoms with Crippen LogP contribution in [-0.4, -0.2) is 10.0 Å². The van der Waals surface area contributed by atoms with Gasteiger partial charge in [0.1, 0.15) is 17.6 Å². The number of hydrogen-bond donors (Lipinski definition) is 2. The van der Waals surface area contributed by atoms with Gasteiger partial charge in [-0.15, -0.1) is 0 Å². The molecule has 0 bridgehead atoms. The molecule has 0 saturated heterocycles. The highest BCUT2D eigenvalue weighted by molar-refractivity contribution is 7.80. The molecule has 1 aromatic heterocycles. The highest BCUT2D eigenvalue weighted by Crippen LogP contribution is 2.40. The van der Waals surface area contributed by atoms with Crippen molar-refractivity contribution in [1.82, 2.24) is 10.6 Å². The van der Waals surface area contributed by atoms with Gasteiger partial charge in [-0.1, -0.05) is 30.3 Å². The van der Waals surface area contributed by atoms with E-state index in [0.29, 0.717) is 22.2 Å². The van der Waals surface area contributed by atoms with Crippen molar-refractivity contribution in [2.45, 2.75) is 25.8 Å². The minimum absolute atomic E-state index is 0.0381. The Labute approximate surface area is 178 Å². The first kappa shape index (κ1) is 18.6. The second kappa shape index (κ2) is 7.11. The molecule has 6 nitrogen and oxygen atoms in total. The molecule has 150 valence electrons. The molecule has 5 rings (SSSR count). The minimum Gasteiger partial charge on any atom is -0.458 e. The second-order valence-corrected chi connectivity index (χ2v) is 7.98. The van der Waals surface area contributed by atoms with Gasteiger partial charge in [-0.2, -0.15) is 0 Å². The molecule has 0 spiro atoms. The monoisotopic (exact) mass is 417 g/mol. The van der Waals surface area contributed by atoms with E-state index in [4.69, 9.17) is 16.6 Å². The van der Waals surface area contributed by atoms with Crippen molar-refractivity contribution >= 4 is 28.7 Å². The molecule has 2 N–H and O–H groups in total. The van der Waals surface area contributed by atoms with Gasteiger partial charge >= 0.3 is 0 Å². The van der Waals surface area contributed by atoms with Crippen LogP contribution in [0.5, 0.6) is 0 Å². The van der Waals surface area contributed by atoms with E-state index >= 15 is 0 Å². The first-order chi connectivity index (χ1) is 14.5. The van der Waals surface area contributed by atoms with E-state index in [2.05, 4.69) is 28.8 Å². The third-order valence-electron chi connectivity index (χ3n) is 5.66. The molecule has 2 aliphatic rings. The standard InChI is InChI=1S/C23H19N3O3S/c1-13-6-8-16(18(12-13)26(27)28)19-10-11-20(29-19)22-17-9-7-14-4-2-3-5-15(14)21(17)24-23(30)25-22/h2-6,8,10-12,22H,7,9H2,1H3,(H2,24,25,30). The zero-order chi connectivity index (χ0) is 20.8. The van der Waals surface area contributed by atoms with Crippen LogP contribution in [0.3, 0.4) is 0 Å². The number of fused-ring (bicyclic) bond motifs is 2. The Kier molecular flexibility index (Phi) is 4.40. The molecule has 3 aromatic rings. The highest BCUT2D eigenvalue weighted by atomic mass is 32.1. The third kappa shape index (κ3) is 3.07. The van der Waals surface area contributed by atoms with Crippen molar-refractivity contribution in [3.05, 3.63) is 92.7 Å². The maximum atomic E-state index is 11.5. The van der Waals surface area contributed by atoms with Gasteiger partial charge in [0.05, 0.1) is 10.5 Å². The number of nitro groups is 1. The molecule has 1 aliphatic heterocycles. The molecule has 0 radical (unpaired) electrons. The van der Waals surface area contributed by atoms with Crippen LogP contribution in [0.15, 0.2) is 64.6 Å². The Morgan fingerprint density at radius 1 is 1.10 bits per heavy atom. The molecule has 2 heterocycles. The smallest absolute Gasteiger partial charge is 0.280 e. The molecular weight excluding hydrogens is 398 g/mol. The maximum Gasteiger partial charge on any atom is 0.280 e. The summed E-state index contributed by atoms with van der Waals surface area (Å²) in [6, 6.07) is 16.9. The van der Waals surface area contributed by atoms with Gasteiger partial charge in [0, 0.05) is 17.3 Å². The van der Waals surface area contributed by atoms with Crippen molar-refractivity contribution in [2.75, 3.05) is 0 Å². The topological polar surface area (TPSA) is 80.3 Å². The van der Waals surface area contributed by atoms with E-state index in [1.54, 1.807) is 18.2 Å². The first-order valence-electron chi connectivity index (χ1n) is 9.75. The summed E-state index contributed by atoms with van der Waals surface area (Å²) < 4.78 is 6.14. The average Bonchev–Trinajstić information content (AvgIpc) is 3.23. The molecular formula is C23H19N3O3S. The Morgan fingerprint density at radius 2 is 1.93 bits per heavy atom. The lowest BCUT2D eigenvalue weighted by Gasteiger charge is -2.34. The SMILES string of the molecule is Cc1ccc(-c2ccc(C3NC(=S)NC4=C3CCc3ccccc34)o2)c([N+](=O)[O-])c1. The van der Waals surface area contributed by atoms with Crippen LogP contribution in [0.2, 0.25) is 0 Å². The van der Waals surface area contributed by atoms with E-state index in [0.717, 1.165) is 29.7 Å². The summed E-state index contributed by atoms with van der Waals surface area (Å²) in [6.07, 6.45) is 1.82. The van der Waals surface area contributed by atoms with Crippen LogP contribution in [0.1, 0.15) is 34.9 Å². The Balaban J connectivity index is 1.57. The Hall–Kier alpha value is -3.45. The van der Waals surface area contributed by atoms with Crippen LogP contribution in [0.25, 0.3) is 17.0 Å². The van der Waals surface area contributed by atoms with Gasteiger partial charge in [0.25, 0.3) is 5.69 Å². The van der Waals surface area contributed by atoms with Gasteiger partial charge in [-0.05, 0) is 66.9 Å². The zero-order valence-electron chi connectivity index (χ0n) is 16.3. The van der Waals surface area contributed by atoms with Gasteiger partial charge in [0.2, 0.25) is 0 Å². The summed E-state index contributed by atoms with van der Waals surface area (Å²) in [5.41, 5.74) is 6.01. The van der Waals surface area contributed by atoms with Crippen molar-refractivity contribution in [2.24, 2.45) is 0 Å². The number of thiocarbonyl (C=S) groups is 1. The molecule has 7 heteroatoms. The largest absolute Gasteiger partial charge is 0.458 e. The number of aryl methyl sites for hydroxylation is 2. The van der Waals surface area contributed by atoms with E-state index in [9.17, 15) is 10.1 Å². The number of rotatable bonds is 3. The zero-order valence-corrected chi connectivity index (χ0v) is 17.1. The van der Waals surface area contributed by atoms with Crippen molar-refractivity contribution in [1.29, 1.82) is 0 Å². The molecule has 1 atom stereocenters. The minimum atomic E-state index is -0.374. The molecule has 2 aromatic carbocycles. The van der Waals surface area contributed by atoms with Gasteiger partial charge in [0.15, 0.2) is 5.11 Å². The van der Waals surface area contributed by atoms with Crippen LogP contribution >= 0.6 is 12.2 Å². The van der Waals surface area contributed by atoms with Gasteiger partial charge < -0.3 is 15.1 Å². The Morgan fingerprint density at radius 3 is 2.77 bits per heavy atom. The lowest BCUT2D eigenvalue weighted by Crippen LogP contribution is -2.44. The number of nitrogens with one attached hydrogen (secondary N) is 2. The summed E-state index contributed by atoms with van der Waals surface area (Å²) in [5, 5.41) is 18.7. The van der Waals surface area contributed by atoms with Crippen molar-refractivity contribution in [3.63, 3.8) is 0 Å². The molecule has 30 heavy (non-hydrogen) atoms. The Bertz CT molecular complexity index is 1230. The summed E-state index contributed by atoms with van der Waals surface area (Å²) in [5.74, 6) is 1.16. The van der Waals surface area contributed by atoms with E-state index in [1.807, 2.05) is 25.1 Å². The number of furan rings is 1.